The minimum absolute atomic E-state index is 0.0261. The second-order valence-electron chi connectivity index (χ2n) is 5.31. The van der Waals surface area contributed by atoms with Crippen LogP contribution in [0.3, 0.4) is 0 Å². The van der Waals surface area contributed by atoms with Crippen LogP contribution < -0.4 is 5.32 Å². The zero-order valence-electron chi connectivity index (χ0n) is 12.0. The molecular formula is C16H25NO. The maximum atomic E-state index is 12.0. The fourth-order valence-electron chi connectivity index (χ4n) is 1.66. The summed E-state index contributed by atoms with van der Waals surface area (Å²) in [6.07, 6.45) is 3.50. The minimum atomic E-state index is 0.0261. The van der Waals surface area contributed by atoms with E-state index in [1.165, 1.54) is 18.4 Å². The molecule has 0 heterocycles. The van der Waals surface area contributed by atoms with Gasteiger partial charge in [0.1, 0.15) is 0 Å². The molecule has 0 fully saturated rings. The first-order valence-corrected chi connectivity index (χ1v) is 6.94. The largest absolute Gasteiger partial charge is 0.349 e. The van der Waals surface area contributed by atoms with Crippen molar-refractivity contribution in [2.24, 2.45) is 5.92 Å². The molecule has 100 valence electrons. The van der Waals surface area contributed by atoms with Gasteiger partial charge in [-0.25, -0.2) is 0 Å². The molecule has 1 rings (SSSR count). The van der Waals surface area contributed by atoms with E-state index in [2.05, 4.69) is 38.2 Å². The van der Waals surface area contributed by atoms with Crippen molar-refractivity contribution in [3.8, 4) is 0 Å². The van der Waals surface area contributed by atoms with E-state index < -0.39 is 0 Å². The third-order valence-electron chi connectivity index (χ3n) is 3.39. The average molecular weight is 247 g/mol. The van der Waals surface area contributed by atoms with E-state index in [0.29, 0.717) is 5.92 Å². The van der Waals surface area contributed by atoms with Gasteiger partial charge >= 0.3 is 0 Å². The summed E-state index contributed by atoms with van der Waals surface area (Å²) >= 11 is 0. The first-order valence-electron chi connectivity index (χ1n) is 6.94. The molecule has 1 N–H and O–H groups in total. The molecule has 2 nitrogen and oxygen atoms in total. The molecule has 18 heavy (non-hydrogen) atoms. The Kier molecular flexibility index (Phi) is 5.90. The Balaban J connectivity index is 2.59. The standard InChI is InChI=1S/C16H25NO/c1-5-6-7-14-8-10-15(11-9-14)16(18)17-13(4)12(2)3/h8-13H,5-7H2,1-4H3,(H,17,18). The summed E-state index contributed by atoms with van der Waals surface area (Å²) in [6.45, 7) is 8.45. The molecule has 0 radical (unpaired) electrons. The molecule has 0 aliphatic carbocycles. The van der Waals surface area contributed by atoms with Crippen molar-refractivity contribution in [1.29, 1.82) is 0 Å². The van der Waals surface area contributed by atoms with Gasteiger partial charge in [0.25, 0.3) is 5.91 Å². The molecule has 0 saturated carbocycles. The van der Waals surface area contributed by atoms with E-state index in [4.69, 9.17) is 0 Å². The Hall–Kier alpha value is -1.31. The number of carbonyl (C=O) groups excluding carboxylic acids is 1. The fourth-order valence-corrected chi connectivity index (χ4v) is 1.66. The van der Waals surface area contributed by atoms with Gasteiger partial charge in [0.05, 0.1) is 0 Å². The van der Waals surface area contributed by atoms with Crippen LogP contribution in [0.15, 0.2) is 24.3 Å². The van der Waals surface area contributed by atoms with Crippen LogP contribution >= 0.6 is 0 Å². The summed E-state index contributed by atoms with van der Waals surface area (Å²) in [5, 5.41) is 3.02. The smallest absolute Gasteiger partial charge is 0.251 e. The Morgan fingerprint density at radius 2 is 1.78 bits per heavy atom. The lowest BCUT2D eigenvalue weighted by Gasteiger charge is -2.17. The quantitative estimate of drug-likeness (QED) is 0.814. The van der Waals surface area contributed by atoms with Crippen molar-refractivity contribution in [3.05, 3.63) is 35.4 Å². The molecule has 2 heteroatoms. The number of unbranched alkanes of at least 4 members (excludes halogenated alkanes) is 1. The van der Waals surface area contributed by atoms with E-state index >= 15 is 0 Å². The first-order chi connectivity index (χ1) is 8.54. The highest BCUT2D eigenvalue weighted by Crippen LogP contribution is 2.09. The molecule has 1 unspecified atom stereocenters. The Bertz CT molecular complexity index is 367. The number of benzene rings is 1. The molecule has 0 spiro atoms. The lowest BCUT2D eigenvalue weighted by molar-refractivity contribution is 0.0930. The molecule has 0 aromatic heterocycles. The van der Waals surface area contributed by atoms with Crippen molar-refractivity contribution in [3.63, 3.8) is 0 Å². The number of rotatable bonds is 6. The summed E-state index contributed by atoms with van der Waals surface area (Å²) in [6, 6.07) is 8.17. The van der Waals surface area contributed by atoms with Crippen LogP contribution in [0, 0.1) is 5.92 Å². The monoisotopic (exact) mass is 247 g/mol. The van der Waals surface area contributed by atoms with E-state index in [0.717, 1.165) is 12.0 Å². The van der Waals surface area contributed by atoms with Crippen LogP contribution in [0.2, 0.25) is 0 Å². The normalized spacial score (nSPS) is 12.5. The van der Waals surface area contributed by atoms with Gasteiger partial charge in [-0.1, -0.05) is 39.3 Å². The second kappa shape index (κ2) is 7.20. The second-order valence-corrected chi connectivity index (χ2v) is 5.31. The van der Waals surface area contributed by atoms with Crippen LogP contribution in [0.5, 0.6) is 0 Å². The molecule has 1 aromatic carbocycles. The van der Waals surface area contributed by atoms with Crippen molar-refractivity contribution in [1.82, 2.24) is 5.32 Å². The lowest BCUT2D eigenvalue weighted by atomic mass is 10.0. The van der Waals surface area contributed by atoms with Crippen molar-refractivity contribution < 1.29 is 4.79 Å². The van der Waals surface area contributed by atoms with Gasteiger partial charge in [0, 0.05) is 11.6 Å². The van der Waals surface area contributed by atoms with E-state index in [1.54, 1.807) is 0 Å². The summed E-state index contributed by atoms with van der Waals surface area (Å²) in [5.41, 5.74) is 2.06. The molecule has 1 atom stereocenters. The van der Waals surface area contributed by atoms with Crippen LogP contribution in [-0.2, 0) is 6.42 Å². The number of aryl methyl sites for hydroxylation is 1. The zero-order chi connectivity index (χ0) is 13.5. The van der Waals surface area contributed by atoms with Gasteiger partial charge in [0.15, 0.2) is 0 Å². The number of hydrogen-bond donors (Lipinski definition) is 1. The van der Waals surface area contributed by atoms with Gasteiger partial charge in [-0.3, -0.25) is 4.79 Å². The third kappa shape index (κ3) is 4.52. The fraction of sp³-hybridized carbons (Fsp3) is 0.562. The number of amides is 1. The van der Waals surface area contributed by atoms with E-state index in [-0.39, 0.29) is 11.9 Å². The summed E-state index contributed by atoms with van der Waals surface area (Å²) in [4.78, 5) is 12.0. The van der Waals surface area contributed by atoms with Gasteiger partial charge in [-0.05, 0) is 43.4 Å². The predicted molar refractivity (Wildman–Crippen MR) is 76.8 cm³/mol. The Morgan fingerprint density at radius 3 is 2.28 bits per heavy atom. The van der Waals surface area contributed by atoms with Gasteiger partial charge in [-0.15, -0.1) is 0 Å². The maximum absolute atomic E-state index is 12.0. The minimum Gasteiger partial charge on any atom is -0.349 e. The van der Waals surface area contributed by atoms with Crippen LogP contribution in [0.1, 0.15) is 56.5 Å². The zero-order valence-corrected chi connectivity index (χ0v) is 12.0. The number of nitrogens with one attached hydrogen (secondary N) is 1. The summed E-state index contributed by atoms with van der Waals surface area (Å²) < 4.78 is 0. The summed E-state index contributed by atoms with van der Waals surface area (Å²) in [5.74, 6) is 0.482. The number of hydrogen-bond acceptors (Lipinski definition) is 1. The first kappa shape index (κ1) is 14.7. The van der Waals surface area contributed by atoms with Gasteiger partial charge < -0.3 is 5.32 Å². The van der Waals surface area contributed by atoms with Crippen molar-refractivity contribution in [2.45, 2.75) is 53.0 Å². The van der Waals surface area contributed by atoms with E-state index in [1.807, 2.05) is 19.1 Å². The molecular weight excluding hydrogens is 222 g/mol. The SMILES string of the molecule is CCCCc1ccc(C(=O)NC(C)C(C)C)cc1. The third-order valence-corrected chi connectivity index (χ3v) is 3.39. The summed E-state index contributed by atoms with van der Waals surface area (Å²) in [7, 11) is 0. The highest BCUT2D eigenvalue weighted by atomic mass is 16.1. The lowest BCUT2D eigenvalue weighted by Crippen LogP contribution is -2.36. The van der Waals surface area contributed by atoms with E-state index in [9.17, 15) is 4.79 Å². The molecule has 1 amide bonds. The Morgan fingerprint density at radius 1 is 1.17 bits per heavy atom. The Labute approximate surface area is 111 Å². The van der Waals surface area contributed by atoms with Crippen LogP contribution in [0.4, 0.5) is 0 Å². The van der Waals surface area contributed by atoms with Gasteiger partial charge in [-0.2, -0.15) is 0 Å². The maximum Gasteiger partial charge on any atom is 0.251 e. The average Bonchev–Trinajstić information content (AvgIpc) is 2.36. The topological polar surface area (TPSA) is 29.1 Å². The molecule has 0 bridgehead atoms. The number of carbonyl (C=O) groups is 1. The molecule has 0 aliphatic rings. The van der Waals surface area contributed by atoms with Crippen LogP contribution in [0.25, 0.3) is 0 Å². The highest BCUT2D eigenvalue weighted by molar-refractivity contribution is 5.94. The molecule has 0 saturated heterocycles. The molecule has 0 aliphatic heterocycles. The van der Waals surface area contributed by atoms with Gasteiger partial charge in [0.2, 0.25) is 0 Å². The van der Waals surface area contributed by atoms with Crippen molar-refractivity contribution >= 4 is 5.91 Å². The van der Waals surface area contributed by atoms with Crippen LogP contribution in [-0.4, -0.2) is 11.9 Å². The predicted octanol–water partition coefficient (Wildman–Crippen LogP) is 3.80. The highest BCUT2D eigenvalue weighted by Gasteiger charge is 2.12. The molecule has 1 aromatic rings. The van der Waals surface area contributed by atoms with Crippen molar-refractivity contribution in [2.75, 3.05) is 0 Å².